The molecule has 0 aliphatic heterocycles. The van der Waals surface area contributed by atoms with Crippen molar-refractivity contribution in [2.24, 2.45) is 0 Å². The molecule has 0 spiro atoms. The van der Waals surface area contributed by atoms with Gasteiger partial charge in [0.1, 0.15) is 11.6 Å². The zero-order chi connectivity index (χ0) is 11.8. The number of hydrogen-bond acceptors (Lipinski definition) is 5. The summed E-state index contributed by atoms with van der Waals surface area (Å²) < 4.78 is 5.15. The van der Waals surface area contributed by atoms with Crippen LogP contribution in [0.15, 0.2) is 6.07 Å². The second-order valence-electron chi connectivity index (χ2n) is 3.56. The minimum atomic E-state index is 0.0811. The fourth-order valence-corrected chi connectivity index (χ4v) is 1.36. The van der Waals surface area contributed by atoms with Gasteiger partial charge in [-0.25, -0.2) is 9.97 Å². The molecule has 1 rings (SSSR count). The number of ether oxygens (including phenoxy) is 1. The van der Waals surface area contributed by atoms with Crippen LogP contribution < -0.4 is 5.32 Å². The Labute approximate surface area is 95.9 Å². The zero-order valence-corrected chi connectivity index (χ0v) is 9.86. The number of nitrogens with zero attached hydrogens (tertiary/aromatic N) is 2. The fraction of sp³-hybridized carbons (Fsp3) is 0.636. The Balaban J connectivity index is 2.21. The maximum absolute atomic E-state index is 8.50. The predicted octanol–water partition coefficient (Wildman–Crippen LogP) is 0.904. The summed E-state index contributed by atoms with van der Waals surface area (Å²) in [5, 5.41) is 11.7. The van der Waals surface area contributed by atoms with Crippen molar-refractivity contribution in [3.63, 3.8) is 0 Å². The first-order valence-corrected chi connectivity index (χ1v) is 5.47. The lowest BCUT2D eigenvalue weighted by molar-refractivity contribution is 0.0922. The molecule has 0 saturated carbocycles. The lowest BCUT2D eigenvalue weighted by Crippen LogP contribution is -2.09. The van der Waals surface area contributed by atoms with Gasteiger partial charge < -0.3 is 15.2 Å². The van der Waals surface area contributed by atoms with Crippen molar-refractivity contribution in [2.75, 3.05) is 31.7 Å². The van der Waals surface area contributed by atoms with Crippen LogP contribution in [0.5, 0.6) is 0 Å². The van der Waals surface area contributed by atoms with E-state index in [0.717, 1.165) is 30.3 Å². The topological polar surface area (TPSA) is 67.3 Å². The molecule has 16 heavy (non-hydrogen) atoms. The lowest BCUT2D eigenvalue weighted by atomic mass is 10.4. The van der Waals surface area contributed by atoms with Gasteiger partial charge >= 0.3 is 0 Å². The molecule has 5 heteroatoms. The normalized spacial score (nSPS) is 10.4. The zero-order valence-electron chi connectivity index (χ0n) is 9.86. The van der Waals surface area contributed by atoms with Crippen molar-refractivity contribution in [3.8, 4) is 0 Å². The molecular weight excluding hydrogens is 206 g/mol. The van der Waals surface area contributed by atoms with Crippen molar-refractivity contribution >= 4 is 5.82 Å². The van der Waals surface area contributed by atoms with Gasteiger partial charge in [-0.05, 0) is 20.3 Å². The average molecular weight is 225 g/mol. The van der Waals surface area contributed by atoms with E-state index in [1.165, 1.54) is 0 Å². The smallest absolute Gasteiger partial charge is 0.129 e. The number of aliphatic hydroxyl groups is 1. The highest BCUT2D eigenvalue weighted by atomic mass is 16.5. The maximum Gasteiger partial charge on any atom is 0.129 e. The molecule has 0 amide bonds. The van der Waals surface area contributed by atoms with E-state index in [1.54, 1.807) is 0 Å². The van der Waals surface area contributed by atoms with Crippen LogP contribution in [0.2, 0.25) is 0 Å². The molecule has 5 nitrogen and oxygen atoms in total. The Morgan fingerprint density at radius 2 is 2.12 bits per heavy atom. The Hall–Kier alpha value is -1.20. The minimum absolute atomic E-state index is 0.0811. The Kier molecular flexibility index (Phi) is 5.74. The molecule has 0 saturated heterocycles. The second kappa shape index (κ2) is 7.14. The SMILES string of the molecule is Cc1cc(NCCCOCCO)nc(C)n1. The van der Waals surface area contributed by atoms with Crippen LogP contribution in [0.3, 0.4) is 0 Å². The molecule has 0 radical (unpaired) electrons. The van der Waals surface area contributed by atoms with E-state index in [9.17, 15) is 0 Å². The van der Waals surface area contributed by atoms with Gasteiger partial charge in [-0.15, -0.1) is 0 Å². The van der Waals surface area contributed by atoms with Gasteiger partial charge in [0.15, 0.2) is 0 Å². The number of nitrogens with one attached hydrogen (secondary N) is 1. The summed E-state index contributed by atoms with van der Waals surface area (Å²) in [5.74, 6) is 1.63. The molecule has 1 heterocycles. The maximum atomic E-state index is 8.50. The highest BCUT2D eigenvalue weighted by Crippen LogP contribution is 2.05. The van der Waals surface area contributed by atoms with E-state index in [2.05, 4.69) is 15.3 Å². The van der Waals surface area contributed by atoms with Crippen molar-refractivity contribution in [3.05, 3.63) is 17.6 Å². The number of anilines is 1. The van der Waals surface area contributed by atoms with Crippen LogP contribution in [0.1, 0.15) is 17.9 Å². The third-order valence-corrected chi connectivity index (χ3v) is 1.97. The summed E-state index contributed by atoms with van der Waals surface area (Å²) in [7, 11) is 0. The summed E-state index contributed by atoms with van der Waals surface area (Å²) in [5.41, 5.74) is 0.964. The second-order valence-corrected chi connectivity index (χ2v) is 3.56. The van der Waals surface area contributed by atoms with E-state index in [4.69, 9.17) is 9.84 Å². The summed E-state index contributed by atoms with van der Waals surface area (Å²) in [6.45, 7) is 5.77. The Morgan fingerprint density at radius 3 is 2.81 bits per heavy atom. The highest BCUT2D eigenvalue weighted by Gasteiger charge is 1.97. The average Bonchev–Trinajstić information content (AvgIpc) is 2.22. The number of rotatable bonds is 7. The predicted molar refractivity (Wildman–Crippen MR) is 62.5 cm³/mol. The van der Waals surface area contributed by atoms with Gasteiger partial charge in [0.05, 0.1) is 13.2 Å². The molecule has 0 atom stereocenters. The molecule has 0 aromatic carbocycles. The standard InChI is InChI=1S/C11H19N3O2/c1-9-8-11(14-10(2)13-9)12-4-3-6-16-7-5-15/h8,15H,3-7H2,1-2H3,(H,12,13,14). The Morgan fingerprint density at radius 1 is 1.31 bits per heavy atom. The Bertz CT molecular complexity index is 298. The molecule has 90 valence electrons. The van der Waals surface area contributed by atoms with Gasteiger partial charge in [0.2, 0.25) is 0 Å². The molecule has 1 aromatic heterocycles. The monoisotopic (exact) mass is 225 g/mol. The van der Waals surface area contributed by atoms with Crippen molar-refractivity contribution < 1.29 is 9.84 Å². The highest BCUT2D eigenvalue weighted by molar-refractivity contribution is 5.35. The first kappa shape index (κ1) is 12.9. The molecule has 0 unspecified atom stereocenters. The first-order valence-electron chi connectivity index (χ1n) is 5.47. The number of hydrogen-bond donors (Lipinski definition) is 2. The van der Waals surface area contributed by atoms with E-state index < -0.39 is 0 Å². The van der Waals surface area contributed by atoms with E-state index in [1.807, 2.05) is 19.9 Å². The summed E-state index contributed by atoms with van der Waals surface area (Å²) in [6.07, 6.45) is 0.891. The fourth-order valence-electron chi connectivity index (χ4n) is 1.36. The van der Waals surface area contributed by atoms with Gasteiger partial charge in [-0.1, -0.05) is 0 Å². The molecular formula is C11H19N3O2. The van der Waals surface area contributed by atoms with E-state index >= 15 is 0 Å². The lowest BCUT2D eigenvalue weighted by Gasteiger charge is -2.07. The van der Waals surface area contributed by atoms with Crippen LogP contribution in [-0.4, -0.2) is 41.4 Å². The molecule has 0 bridgehead atoms. The summed E-state index contributed by atoms with van der Waals surface area (Å²) in [6, 6.07) is 1.92. The third kappa shape index (κ3) is 5.04. The van der Waals surface area contributed by atoms with Crippen LogP contribution in [0, 0.1) is 13.8 Å². The van der Waals surface area contributed by atoms with E-state index in [-0.39, 0.29) is 6.61 Å². The van der Waals surface area contributed by atoms with Gasteiger partial charge in [-0.3, -0.25) is 0 Å². The largest absolute Gasteiger partial charge is 0.394 e. The number of aliphatic hydroxyl groups excluding tert-OH is 1. The first-order chi connectivity index (χ1) is 7.72. The van der Waals surface area contributed by atoms with Gasteiger partial charge in [-0.2, -0.15) is 0 Å². The number of aromatic nitrogens is 2. The van der Waals surface area contributed by atoms with Crippen LogP contribution in [-0.2, 0) is 4.74 Å². The summed E-state index contributed by atoms with van der Waals surface area (Å²) >= 11 is 0. The van der Waals surface area contributed by atoms with Gasteiger partial charge in [0.25, 0.3) is 0 Å². The molecule has 0 aliphatic carbocycles. The summed E-state index contributed by atoms with van der Waals surface area (Å²) in [4.78, 5) is 8.46. The molecule has 2 N–H and O–H groups in total. The van der Waals surface area contributed by atoms with Crippen molar-refractivity contribution in [2.45, 2.75) is 20.3 Å². The van der Waals surface area contributed by atoms with E-state index in [0.29, 0.717) is 13.2 Å². The van der Waals surface area contributed by atoms with Crippen LogP contribution in [0.4, 0.5) is 5.82 Å². The molecule has 0 fully saturated rings. The van der Waals surface area contributed by atoms with Crippen molar-refractivity contribution in [1.29, 1.82) is 0 Å². The van der Waals surface area contributed by atoms with Crippen molar-refractivity contribution in [1.82, 2.24) is 9.97 Å². The van der Waals surface area contributed by atoms with Crippen LogP contribution >= 0.6 is 0 Å². The number of aryl methyl sites for hydroxylation is 2. The minimum Gasteiger partial charge on any atom is -0.394 e. The quantitative estimate of drug-likeness (QED) is 0.675. The van der Waals surface area contributed by atoms with Crippen LogP contribution in [0.25, 0.3) is 0 Å². The molecule has 1 aromatic rings. The van der Waals surface area contributed by atoms with Gasteiger partial charge in [0, 0.05) is 24.9 Å². The molecule has 0 aliphatic rings. The third-order valence-electron chi connectivity index (χ3n) is 1.97.